The average Bonchev–Trinajstić information content (AvgIpc) is 2.69. The highest BCUT2D eigenvalue weighted by molar-refractivity contribution is 6.63. The van der Waals surface area contributed by atoms with Gasteiger partial charge in [0.1, 0.15) is 5.75 Å². The third-order valence-corrected chi connectivity index (χ3v) is 5.53. The normalized spacial score (nSPS) is 20.2. The lowest BCUT2D eigenvalue weighted by molar-refractivity contribution is 0.00578. The van der Waals surface area contributed by atoms with Crippen molar-refractivity contribution < 1.29 is 14.0 Å². The second-order valence-electron chi connectivity index (χ2n) is 7.94. The molecule has 1 unspecified atom stereocenters. The fourth-order valence-corrected chi connectivity index (χ4v) is 3.14. The predicted molar refractivity (Wildman–Crippen MR) is 101 cm³/mol. The van der Waals surface area contributed by atoms with E-state index in [1.54, 1.807) is 0 Å². The maximum absolute atomic E-state index is 6.28. The Hall–Kier alpha value is -0.995. The van der Waals surface area contributed by atoms with Gasteiger partial charge in [-0.15, -0.1) is 0 Å². The van der Waals surface area contributed by atoms with Crippen molar-refractivity contribution in [2.75, 3.05) is 0 Å². The summed E-state index contributed by atoms with van der Waals surface area (Å²) in [4.78, 5) is 0. The van der Waals surface area contributed by atoms with Gasteiger partial charge in [0.15, 0.2) is 0 Å². The van der Waals surface area contributed by atoms with E-state index in [4.69, 9.17) is 14.0 Å². The van der Waals surface area contributed by atoms with Crippen LogP contribution < -0.4 is 10.2 Å². The van der Waals surface area contributed by atoms with Crippen molar-refractivity contribution in [1.29, 1.82) is 0 Å². The summed E-state index contributed by atoms with van der Waals surface area (Å²) < 4.78 is 18.8. The molecule has 4 heteroatoms. The Morgan fingerprint density at radius 3 is 2.12 bits per heavy atom. The number of benzene rings is 1. The highest BCUT2D eigenvalue weighted by atomic mass is 16.7. The number of aryl methyl sites for hydroxylation is 1. The van der Waals surface area contributed by atoms with Crippen molar-refractivity contribution in [3.05, 3.63) is 23.3 Å². The second kappa shape index (κ2) is 7.09. The van der Waals surface area contributed by atoms with Crippen LogP contribution in [0.2, 0.25) is 0 Å². The molecule has 1 aromatic rings. The first-order valence-corrected chi connectivity index (χ1v) is 9.25. The Morgan fingerprint density at radius 2 is 1.62 bits per heavy atom. The quantitative estimate of drug-likeness (QED) is 0.715. The minimum atomic E-state index is -0.343. The first-order valence-electron chi connectivity index (χ1n) is 9.25. The Labute approximate surface area is 148 Å². The molecule has 3 nitrogen and oxygen atoms in total. The molecule has 0 radical (unpaired) electrons. The van der Waals surface area contributed by atoms with E-state index < -0.39 is 0 Å². The molecule has 0 spiro atoms. The van der Waals surface area contributed by atoms with Crippen molar-refractivity contribution in [2.45, 2.75) is 92.0 Å². The summed E-state index contributed by atoms with van der Waals surface area (Å²) in [6.45, 7) is 17.0. The molecular formula is C20H33BO3. The van der Waals surface area contributed by atoms with Gasteiger partial charge in [-0.1, -0.05) is 31.9 Å². The molecule has 0 aliphatic carbocycles. The summed E-state index contributed by atoms with van der Waals surface area (Å²) >= 11 is 0. The molecule has 0 amide bonds. The fraction of sp³-hybridized carbons (Fsp3) is 0.700. The van der Waals surface area contributed by atoms with E-state index in [1.807, 2.05) is 0 Å². The third kappa shape index (κ3) is 3.65. The topological polar surface area (TPSA) is 27.7 Å². The van der Waals surface area contributed by atoms with Gasteiger partial charge in [0, 0.05) is 0 Å². The summed E-state index contributed by atoms with van der Waals surface area (Å²) in [5.41, 5.74) is 2.76. The molecule has 0 N–H and O–H groups in total. The van der Waals surface area contributed by atoms with Crippen molar-refractivity contribution in [3.63, 3.8) is 0 Å². The summed E-state index contributed by atoms with van der Waals surface area (Å²) in [6, 6.07) is 4.19. The molecule has 0 aromatic heterocycles. The van der Waals surface area contributed by atoms with E-state index in [0.29, 0.717) is 0 Å². The maximum atomic E-state index is 6.28. The lowest BCUT2D eigenvalue weighted by Gasteiger charge is -2.32. The molecule has 1 saturated heterocycles. The Morgan fingerprint density at radius 1 is 1.04 bits per heavy atom. The van der Waals surface area contributed by atoms with Gasteiger partial charge >= 0.3 is 7.12 Å². The third-order valence-electron chi connectivity index (χ3n) is 5.53. The molecule has 1 aliphatic rings. The monoisotopic (exact) mass is 332 g/mol. The van der Waals surface area contributed by atoms with Crippen LogP contribution in [-0.2, 0) is 9.31 Å². The van der Waals surface area contributed by atoms with Gasteiger partial charge in [-0.2, -0.15) is 0 Å². The van der Waals surface area contributed by atoms with Crippen LogP contribution in [0.4, 0.5) is 0 Å². The summed E-state index contributed by atoms with van der Waals surface area (Å²) in [7, 11) is -0.343. The summed E-state index contributed by atoms with van der Waals surface area (Å²) in [6.07, 6.45) is 3.50. The highest BCUT2D eigenvalue weighted by Gasteiger charge is 2.52. The van der Waals surface area contributed by atoms with Crippen molar-refractivity contribution >= 4 is 12.6 Å². The van der Waals surface area contributed by atoms with Crippen LogP contribution in [-0.4, -0.2) is 24.4 Å². The predicted octanol–water partition coefficient (Wildman–Crippen LogP) is 4.56. The number of hydrogen-bond donors (Lipinski definition) is 0. The smallest absolute Gasteiger partial charge is 0.490 e. The van der Waals surface area contributed by atoms with Crippen LogP contribution in [0.25, 0.3) is 0 Å². The molecule has 134 valence electrons. The van der Waals surface area contributed by atoms with Crippen LogP contribution in [0.1, 0.15) is 71.9 Å². The standard InChI is InChI=1S/C20H33BO3/c1-9-11-16(10-2)22-17-13-12-14(3)18(15(17)4)21-23-19(5,6)20(7,8)24-21/h12-13,16H,9-11H2,1-8H3. The lowest BCUT2D eigenvalue weighted by atomic mass is 9.73. The van der Waals surface area contributed by atoms with Gasteiger partial charge in [-0.3, -0.25) is 0 Å². The van der Waals surface area contributed by atoms with Crippen LogP contribution in [0.5, 0.6) is 5.75 Å². The maximum Gasteiger partial charge on any atom is 0.495 e. The van der Waals surface area contributed by atoms with Crippen LogP contribution in [0.3, 0.4) is 0 Å². The minimum absolute atomic E-state index is 0.266. The molecule has 0 saturated carbocycles. The van der Waals surface area contributed by atoms with Gasteiger partial charge in [-0.05, 0) is 71.5 Å². The summed E-state index contributed by atoms with van der Waals surface area (Å²) in [5.74, 6) is 0.950. The zero-order valence-electron chi connectivity index (χ0n) is 16.7. The lowest BCUT2D eigenvalue weighted by Crippen LogP contribution is -2.41. The largest absolute Gasteiger partial charge is 0.495 e. The Balaban J connectivity index is 2.33. The Bertz CT molecular complexity index is 564. The molecule has 0 bridgehead atoms. The van der Waals surface area contributed by atoms with Crippen LogP contribution in [0, 0.1) is 13.8 Å². The minimum Gasteiger partial charge on any atom is -0.490 e. The zero-order valence-corrected chi connectivity index (χ0v) is 16.7. The van der Waals surface area contributed by atoms with Crippen molar-refractivity contribution in [1.82, 2.24) is 0 Å². The SMILES string of the molecule is CCCC(CC)Oc1ccc(C)c(B2OC(C)(C)C(C)(C)O2)c1C. The van der Waals surface area contributed by atoms with E-state index >= 15 is 0 Å². The van der Waals surface area contributed by atoms with Gasteiger partial charge in [0.05, 0.1) is 17.3 Å². The van der Waals surface area contributed by atoms with Crippen LogP contribution in [0.15, 0.2) is 12.1 Å². The van der Waals surface area contributed by atoms with Gasteiger partial charge in [-0.25, -0.2) is 0 Å². The van der Waals surface area contributed by atoms with Gasteiger partial charge in [0.25, 0.3) is 0 Å². The molecule has 1 heterocycles. The van der Waals surface area contributed by atoms with Gasteiger partial charge in [0.2, 0.25) is 0 Å². The summed E-state index contributed by atoms with van der Waals surface area (Å²) in [5, 5.41) is 0. The van der Waals surface area contributed by atoms with Crippen LogP contribution >= 0.6 is 0 Å². The van der Waals surface area contributed by atoms with E-state index in [-0.39, 0.29) is 24.4 Å². The Kier molecular flexibility index (Phi) is 5.71. The molecular weight excluding hydrogens is 299 g/mol. The van der Waals surface area contributed by atoms with E-state index in [0.717, 1.165) is 36.0 Å². The number of rotatable bonds is 6. The average molecular weight is 332 g/mol. The first-order chi connectivity index (χ1) is 11.1. The van der Waals surface area contributed by atoms with E-state index in [1.165, 1.54) is 5.56 Å². The molecule has 1 aromatic carbocycles. The van der Waals surface area contributed by atoms with E-state index in [9.17, 15) is 0 Å². The number of hydrogen-bond acceptors (Lipinski definition) is 3. The number of ether oxygens (including phenoxy) is 1. The van der Waals surface area contributed by atoms with Crippen molar-refractivity contribution in [3.8, 4) is 5.75 Å². The molecule has 24 heavy (non-hydrogen) atoms. The van der Waals surface area contributed by atoms with Gasteiger partial charge < -0.3 is 14.0 Å². The molecule has 1 atom stereocenters. The molecule has 1 fully saturated rings. The zero-order chi connectivity index (χ0) is 18.1. The second-order valence-corrected chi connectivity index (χ2v) is 7.94. The highest BCUT2D eigenvalue weighted by Crippen LogP contribution is 2.37. The first kappa shape index (κ1) is 19.3. The molecule has 1 aliphatic heterocycles. The van der Waals surface area contributed by atoms with E-state index in [2.05, 4.69) is 67.5 Å². The fourth-order valence-electron chi connectivity index (χ4n) is 3.14. The molecule has 2 rings (SSSR count). The van der Waals surface area contributed by atoms with Crippen molar-refractivity contribution in [2.24, 2.45) is 0 Å².